The summed E-state index contributed by atoms with van der Waals surface area (Å²) in [7, 11) is 3.00. The molecule has 0 aromatic heterocycles. The van der Waals surface area contributed by atoms with Gasteiger partial charge < -0.3 is 24.6 Å². The first kappa shape index (κ1) is 25.9. The molecule has 1 rings (SSSR count). The van der Waals surface area contributed by atoms with Gasteiger partial charge in [0.2, 0.25) is 0 Å². The zero-order chi connectivity index (χ0) is 23.9. The van der Waals surface area contributed by atoms with Gasteiger partial charge in [-0.05, 0) is 17.7 Å². The number of halogens is 3. The quantitative estimate of drug-likeness (QED) is 0.342. The van der Waals surface area contributed by atoms with Gasteiger partial charge in [-0.2, -0.15) is 13.2 Å². The van der Waals surface area contributed by atoms with Crippen molar-refractivity contribution in [3.8, 4) is 0 Å². The summed E-state index contributed by atoms with van der Waals surface area (Å²) in [5, 5.41) is 12.3. The number of methoxy groups -OCH3 is 3. The van der Waals surface area contributed by atoms with Crippen LogP contribution in [0.1, 0.15) is 24.2 Å². The maximum absolute atomic E-state index is 12.7. The molecule has 0 bridgehead atoms. The van der Waals surface area contributed by atoms with E-state index in [1.54, 1.807) is 0 Å². The minimum atomic E-state index is -4.60. The molecule has 1 aromatic carbocycles. The molecule has 0 radical (unpaired) electrons. The van der Waals surface area contributed by atoms with E-state index in [1.165, 1.54) is 6.92 Å². The maximum Gasteiger partial charge on any atom is 0.416 e. The monoisotopic (exact) mass is 449 g/mol. The minimum absolute atomic E-state index is 0.181. The molecule has 2 N–H and O–H groups in total. The normalized spacial score (nSPS) is 14.2. The van der Waals surface area contributed by atoms with Crippen molar-refractivity contribution in [3.63, 3.8) is 0 Å². The summed E-state index contributed by atoms with van der Waals surface area (Å²) in [4.78, 5) is 48.6. The largest absolute Gasteiger partial charge is 0.468 e. The predicted molar refractivity (Wildman–Crippen MR) is 97.0 cm³/mol. The van der Waals surface area contributed by atoms with Crippen molar-refractivity contribution in [2.24, 2.45) is 11.8 Å². The summed E-state index contributed by atoms with van der Waals surface area (Å²) in [5.41, 5.74) is -1.16. The topological polar surface area (TPSA) is 128 Å². The van der Waals surface area contributed by atoms with Gasteiger partial charge in [0, 0.05) is 5.92 Å². The molecule has 172 valence electrons. The number of alkyl halides is 3. The summed E-state index contributed by atoms with van der Waals surface area (Å²) in [6, 6.07) is 1.56. The summed E-state index contributed by atoms with van der Waals surface area (Å²) in [6.45, 7) is 1.27. The van der Waals surface area contributed by atoms with Crippen molar-refractivity contribution in [2.75, 3.05) is 21.3 Å². The van der Waals surface area contributed by atoms with Crippen molar-refractivity contribution < 1.29 is 51.7 Å². The number of ether oxygens (including phenoxy) is 3. The number of hydrogen-bond acceptors (Lipinski definition) is 8. The Balaban J connectivity index is 3.13. The number of nitrogens with one attached hydrogen (secondary N) is 1. The van der Waals surface area contributed by atoms with Crippen molar-refractivity contribution >= 4 is 23.8 Å². The molecular weight excluding hydrogens is 427 g/mol. The number of esters is 3. The Kier molecular flexibility index (Phi) is 8.98. The molecule has 0 saturated heterocycles. The van der Waals surface area contributed by atoms with Crippen LogP contribution in [0.25, 0.3) is 0 Å². The minimum Gasteiger partial charge on any atom is -0.468 e. The van der Waals surface area contributed by atoms with Crippen LogP contribution in [0.4, 0.5) is 13.2 Å². The Hall–Kier alpha value is -3.15. The van der Waals surface area contributed by atoms with Gasteiger partial charge in [-0.25, -0.2) is 4.79 Å². The van der Waals surface area contributed by atoms with E-state index in [1.807, 2.05) is 0 Å². The fraction of sp³-hybridized carbons (Fsp3) is 0.474. The summed E-state index contributed by atoms with van der Waals surface area (Å²) in [5.74, 6) is -7.12. The molecule has 31 heavy (non-hydrogen) atoms. The van der Waals surface area contributed by atoms with E-state index in [9.17, 15) is 37.5 Å². The number of aliphatic hydroxyl groups is 1. The first-order valence-corrected chi connectivity index (χ1v) is 8.78. The third-order valence-corrected chi connectivity index (χ3v) is 4.52. The van der Waals surface area contributed by atoms with Crippen LogP contribution in [0.15, 0.2) is 24.3 Å². The standard InChI is InChI=1S/C19H22F3NO8/c1-9(12(16(26)29-2)17(27)30-3)13(18(28)31-4)23-15(25)14(24)10-5-7-11(8-6-10)19(20,21)22/h5-9,12-14,24H,1-4H3,(H,23,25)/t9-,13+,14-/m1/s1. The zero-order valence-corrected chi connectivity index (χ0v) is 17.1. The average molecular weight is 449 g/mol. The number of aliphatic hydroxyl groups excluding tert-OH is 1. The van der Waals surface area contributed by atoms with Crippen molar-refractivity contribution in [1.82, 2.24) is 5.32 Å². The van der Waals surface area contributed by atoms with Crippen molar-refractivity contribution in [3.05, 3.63) is 35.4 Å². The third kappa shape index (κ3) is 6.41. The highest BCUT2D eigenvalue weighted by atomic mass is 19.4. The summed E-state index contributed by atoms with van der Waals surface area (Å²) < 4.78 is 51.6. The fourth-order valence-electron chi connectivity index (χ4n) is 2.74. The Morgan fingerprint density at radius 3 is 1.74 bits per heavy atom. The van der Waals surface area contributed by atoms with Crippen LogP contribution in [0.3, 0.4) is 0 Å². The Labute approximate surface area is 175 Å². The van der Waals surface area contributed by atoms with Gasteiger partial charge in [0.25, 0.3) is 5.91 Å². The summed E-state index contributed by atoms with van der Waals surface area (Å²) in [6.07, 6.45) is -6.55. The second-order valence-electron chi connectivity index (χ2n) is 6.41. The smallest absolute Gasteiger partial charge is 0.416 e. The van der Waals surface area contributed by atoms with Gasteiger partial charge in [0.1, 0.15) is 6.04 Å². The lowest BCUT2D eigenvalue weighted by Gasteiger charge is -2.27. The molecule has 0 unspecified atom stereocenters. The van der Waals surface area contributed by atoms with Gasteiger partial charge in [-0.3, -0.25) is 14.4 Å². The molecule has 12 heteroatoms. The van der Waals surface area contributed by atoms with E-state index < -0.39 is 59.5 Å². The lowest BCUT2D eigenvalue weighted by Crippen LogP contribution is -2.52. The SMILES string of the molecule is COC(=O)C(C(=O)OC)[C@@H](C)[C@H](NC(=O)[C@H](O)c1ccc(C(F)(F)F)cc1)C(=O)OC. The Morgan fingerprint density at radius 2 is 1.35 bits per heavy atom. The van der Waals surface area contributed by atoms with Crippen LogP contribution in [-0.2, 0) is 39.6 Å². The highest BCUT2D eigenvalue weighted by molar-refractivity contribution is 5.96. The second kappa shape index (κ2) is 10.8. The molecule has 0 aliphatic carbocycles. The fourth-order valence-corrected chi connectivity index (χ4v) is 2.74. The van der Waals surface area contributed by atoms with E-state index in [0.717, 1.165) is 33.5 Å². The first-order valence-electron chi connectivity index (χ1n) is 8.78. The molecule has 1 aromatic rings. The lowest BCUT2D eigenvalue weighted by molar-refractivity contribution is -0.164. The molecule has 0 aliphatic heterocycles. The molecular formula is C19H22F3NO8. The molecule has 0 spiro atoms. The number of benzene rings is 1. The van der Waals surface area contributed by atoms with E-state index in [0.29, 0.717) is 12.1 Å². The van der Waals surface area contributed by atoms with Crippen LogP contribution in [0.2, 0.25) is 0 Å². The molecule has 0 saturated carbocycles. The van der Waals surface area contributed by atoms with Crippen LogP contribution < -0.4 is 5.32 Å². The first-order chi connectivity index (χ1) is 14.4. The van der Waals surface area contributed by atoms with E-state index in [2.05, 4.69) is 19.5 Å². The van der Waals surface area contributed by atoms with Crippen LogP contribution in [0.5, 0.6) is 0 Å². The lowest BCUT2D eigenvalue weighted by atomic mass is 9.87. The molecule has 9 nitrogen and oxygen atoms in total. The number of carbonyl (C=O) groups is 4. The molecule has 0 aliphatic rings. The van der Waals surface area contributed by atoms with Crippen LogP contribution in [-0.4, -0.2) is 56.3 Å². The Bertz CT molecular complexity index is 793. The Morgan fingerprint density at radius 1 is 0.903 bits per heavy atom. The van der Waals surface area contributed by atoms with Crippen molar-refractivity contribution in [2.45, 2.75) is 25.2 Å². The van der Waals surface area contributed by atoms with Crippen molar-refractivity contribution in [1.29, 1.82) is 0 Å². The maximum atomic E-state index is 12.7. The van der Waals surface area contributed by atoms with E-state index in [4.69, 9.17) is 0 Å². The summed E-state index contributed by atoms with van der Waals surface area (Å²) >= 11 is 0. The van der Waals surface area contributed by atoms with Gasteiger partial charge >= 0.3 is 24.1 Å². The molecule has 1 amide bonds. The highest BCUT2D eigenvalue weighted by Crippen LogP contribution is 2.30. The number of hydrogen-bond donors (Lipinski definition) is 2. The number of carbonyl (C=O) groups excluding carboxylic acids is 4. The van der Waals surface area contributed by atoms with Gasteiger partial charge in [-0.15, -0.1) is 0 Å². The van der Waals surface area contributed by atoms with E-state index in [-0.39, 0.29) is 5.56 Å². The number of amides is 1. The average Bonchev–Trinajstić information content (AvgIpc) is 2.75. The second-order valence-corrected chi connectivity index (χ2v) is 6.41. The van der Waals surface area contributed by atoms with Gasteiger partial charge in [0.15, 0.2) is 12.0 Å². The highest BCUT2D eigenvalue weighted by Gasteiger charge is 2.43. The van der Waals surface area contributed by atoms with Gasteiger partial charge in [-0.1, -0.05) is 19.1 Å². The van der Waals surface area contributed by atoms with Crippen LogP contribution in [0, 0.1) is 11.8 Å². The molecule has 0 heterocycles. The van der Waals surface area contributed by atoms with Crippen LogP contribution >= 0.6 is 0 Å². The number of rotatable bonds is 8. The van der Waals surface area contributed by atoms with E-state index >= 15 is 0 Å². The predicted octanol–water partition coefficient (Wildman–Crippen LogP) is 0.995. The molecule has 0 fully saturated rings. The molecule has 3 atom stereocenters. The zero-order valence-electron chi connectivity index (χ0n) is 17.1. The third-order valence-electron chi connectivity index (χ3n) is 4.52. The van der Waals surface area contributed by atoms with Gasteiger partial charge in [0.05, 0.1) is 26.9 Å².